The van der Waals surface area contributed by atoms with E-state index in [2.05, 4.69) is 31.8 Å². The van der Waals surface area contributed by atoms with Gasteiger partial charge in [-0.15, -0.1) is 0 Å². The normalized spacial score (nSPS) is 11.3. The average Bonchev–Trinajstić information content (AvgIpc) is 2.79. The molecular weight excluding hydrogens is 504 g/mol. The van der Waals surface area contributed by atoms with Crippen LogP contribution in [0.25, 0.3) is 6.08 Å². The van der Waals surface area contributed by atoms with Gasteiger partial charge in [-0.25, -0.2) is 5.43 Å². The molecule has 3 aromatic rings. The van der Waals surface area contributed by atoms with E-state index in [0.29, 0.717) is 0 Å². The predicted molar refractivity (Wildman–Crippen MR) is 138 cm³/mol. The standard InChI is InChI=1S/C25H22BrClN4O2/c1-31(2)20-12-10-17(11-13-20)15-23(29-24(32)21-8-3-4-9-22(21)27)25(33)30-28-16-18-6-5-7-19(26)14-18/h3-16H,1-2H3,(H,29,32)(H,30,33)/b23-15-,28-16+. The molecule has 0 fully saturated rings. The van der Waals surface area contributed by atoms with Crippen LogP contribution in [0.15, 0.2) is 88.1 Å². The minimum atomic E-state index is -0.571. The number of rotatable bonds is 7. The molecule has 3 rings (SSSR count). The predicted octanol–water partition coefficient (Wildman–Crippen LogP) is 5.09. The third kappa shape index (κ3) is 7.03. The Bertz CT molecular complexity index is 1210. The number of amides is 2. The maximum atomic E-state index is 12.9. The zero-order valence-corrected chi connectivity index (χ0v) is 20.4. The van der Waals surface area contributed by atoms with Crippen molar-refractivity contribution >= 4 is 57.3 Å². The lowest BCUT2D eigenvalue weighted by Crippen LogP contribution is -2.33. The molecule has 2 amide bonds. The monoisotopic (exact) mass is 524 g/mol. The molecule has 0 radical (unpaired) electrons. The van der Waals surface area contributed by atoms with Crippen LogP contribution < -0.4 is 15.6 Å². The van der Waals surface area contributed by atoms with Crippen molar-refractivity contribution in [3.63, 3.8) is 0 Å². The van der Waals surface area contributed by atoms with Crippen molar-refractivity contribution in [1.29, 1.82) is 0 Å². The van der Waals surface area contributed by atoms with Crippen LogP contribution in [-0.2, 0) is 4.79 Å². The van der Waals surface area contributed by atoms with Crippen molar-refractivity contribution in [3.8, 4) is 0 Å². The van der Waals surface area contributed by atoms with Crippen molar-refractivity contribution in [2.24, 2.45) is 5.10 Å². The number of carbonyl (C=O) groups is 2. The highest BCUT2D eigenvalue weighted by Crippen LogP contribution is 2.17. The molecule has 0 aromatic heterocycles. The molecule has 168 valence electrons. The highest BCUT2D eigenvalue weighted by atomic mass is 79.9. The molecule has 0 spiro atoms. The van der Waals surface area contributed by atoms with Crippen LogP contribution in [0.4, 0.5) is 5.69 Å². The van der Waals surface area contributed by atoms with Gasteiger partial charge in [-0.05, 0) is 53.6 Å². The molecule has 0 aliphatic heterocycles. The van der Waals surface area contributed by atoms with E-state index in [-0.39, 0.29) is 16.3 Å². The van der Waals surface area contributed by atoms with Crippen molar-refractivity contribution in [1.82, 2.24) is 10.7 Å². The van der Waals surface area contributed by atoms with Crippen LogP contribution >= 0.6 is 27.5 Å². The molecule has 0 saturated heterocycles. The number of carbonyl (C=O) groups excluding carboxylic acids is 2. The van der Waals surface area contributed by atoms with E-state index >= 15 is 0 Å². The first-order valence-corrected chi connectivity index (χ1v) is 11.1. The van der Waals surface area contributed by atoms with Gasteiger partial charge >= 0.3 is 0 Å². The maximum Gasteiger partial charge on any atom is 0.287 e. The molecule has 0 heterocycles. The average molecular weight is 526 g/mol. The zero-order chi connectivity index (χ0) is 23.8. The third-order valence-electron chi connectivity index (χ3n) is 4.56. The lowest BCUT2D eigenvalue weighted by molar-refractivity contribution is -0.117. The number of hydrazone groups is 1. The van der Waals surface area contributed by atoms with Gasteiger partial charge in [-0.2, -0.15) is 5.10 Å². The first kappa shape index (κ1) is 24.2. The number of hydrogen-bond donors (Lipinski definition) is 2. The van der Waals surface area contributed by atoms with Gasteiger partial charge in [-0.3, -0.25) is 9.59 Å². The lowest BCUT2D eigenvalue weighted by Gasteiger charge is -2.13. The fraction of sp³-hybridized carbons (Fsp3) is 0.0800. The Hall–Kier alpha value is -3.42. The van der Waals surface area contributed by atoms with E-state index < -0.39 is 11.8 Å². The van der Waals surface area contributed by atoms with E-state index in [1.165, 1.54) is 6.21 Å². The summed E-state index contributed by atoms with van der Waals surface area (Å²) in [6, 6.07) is 21.6. The Labute approximate surface area is 206 Å². The molecular formula is C25H22BrClN4O2. The first-order chi connectivity index (χ1) is 15.8. The quantitative estimate of drug-likeness (QED) is 0.256. The maximum absolute atomic E-state index is 12.9. The molecule has 0 aliphatic carbocycles. The van der Waals surface area contributed by atoms with E-state index in [0.717, 1.165) is 21.3 Å². The summed E-state index contributed by atoms with van der Waals surface area (Å²) < 4.78 is 0.895. The minimum absolute atomic E-state index is 0.0314. The van der Waals surface area contributed by atoms with Crippen LogP contribution in [0.1, 0.15) is 21.5 Å². The van der Waals surface area contributed by atoms with E-state index in [4.69, 9.17) is 11.6 Å². The second kappa shape index (κ2) is 11.4. The molecule has 0 aliphatic rings. The molecule has 0 saturated carbocycles. The van der Waals surface area contributed by atoms with Crippen LogP contribution in [0.5, 0.6) is 0 Å². The summed E-state index contributed by atoms with van der Waals surface area (Å²) in [5.74, 6) is -1.07. The summed E-state index contributed by atoms with van der Waals surface area (Å²) in [6.45, 7) is 0. The number of nitrogens with one attached hydrogen (secondary N) is 2. The summed E-state index contributed by atoms with van der Waals surface area (Å²) in [7, 11) is 3.88. The van der Waals surface area contributed by atoms with Gasteiger partial charge in [0.2, 0.25) is 0 Å². The molecule has 8 heteroatoms. The Kier molecular flexibility index (Phi) is 8.40. The Morgan fingerprint density at radius 3 is 2.36 bits per heavy atom. The molecule has 0 atom stereocenters. The van der Waals surface area contributed by atoms with Gasteiger partial charge in [0, 0.05) is 24.3 Å². The third-order valence-corrected chi connectivity index (χ3v) is 5.38. The Morgan fingerprint density at radius 1 is 0.970 bits per heavy atom. The highest BCUT2D eigenvalue weighted by molar-refractivity contribution is 9.10. The summed E-state index contributed by atoms with van der Waals surface area (Å²) in [5, 5.41) is 6.95. The number of nitrogens with zero attached hydrogens (tertiary/aromatic N) is 2. The van der Waals surface area contributed by atoms with Crippen molar-refractivity contribution in [2.45, 2.75) is 0 Å². The van der Waals surface area contributed by atoms with E-state index in [1.807, 2.05) is 67.5 Å². The number of hydrogen-bond acceptors (Lipinski definition) is 4. The van der Waals surface area contributed by atoms with Gasteiger partial charge in [0.05, 0.1) is 16.8 Å². The summed E-state index contributed by atoms with van der Waals surface area (Å²) in [6.07, 6.45) is 3.10. The summed E-state index contributed by atoms with van der Waals surface area (Å²) in [4.78, 5) is 27.6. The summed E-state index contributed by atoms with van der Waals surface area (Å²) in [5.41, 5.74) is 5.31. The fourth-order valence-electron chi connectivity index (χ4n) is 2.84. The summed E-state index contributed by atoms with van der Waals surface area (Å²) >= 11 is 9.53. The minimum Gasteiger partial charge on any atom is -0.378 e. The van der Waals surface area contributed by atoms with Gasteiger partial charge < -0.3 is 10.2 Å². The van der Waals surface area contributed by atoms with E-state index in [9.17, 15) is 9.59 Å². The van der Waals surface area contributed by atoms with Gasteiger partial charge in [0.25, 0.3) is 11.8 Å². The molecule has 0 unspecified atom stereocenters. The second-order valence-corrected chi connectivity index (χ2v) is 8.55. The molecule has 3 aromatic carbocycles. The van der Waals surface area contributed by atoms with Gasteiger partial charge in [-0.1, -0.05) is 63.9 Å². The number of anilines is 1. The SMILES string of the molecule is CN(C)c1ccc(/C=C(\NC(=O)c2ccccc2Cl)C(=O)N/N=C/c2cccc(Br)c2)cc1. The number of benzene rings is 3. The molecule has 33 heavy (non-hydrogen) atoms. The van der Waals surface area contributed by atoms with Crippen LogP contribution in [0.3, 0.4) is 0 Å². The molecule has 2 N–H and O–H groups in total. The second-order valence-electron chi connectivity index (χ2n) is 7.23. The zero-order valence-electron chi connectivity index (χ0n) is 18.0. The smallest absolute Gasteiger partial charge is 0.287 e. The lowest BCUT2D eigenvalue weighted by atomic mass is 10.1. The van der Waals surface area contributed by atoms with Crippen LogP contribution in [0.2, 0.25) is 5.02 Å². The topological polar surface area (TPSA) is 73.8 Å². The largest absolute Gasteiger partial charge is 0.378 e. The van der Waals surface area contributed by atoms with Crippen molar-refractivity contribution < 1.29 is 9.59 Å². The van der Waals surface area contributed by atoms with Crippen LogP contribution in [0, 0.1) is 0 Å². The highest BCUT2D eigenvalue weighted by Gasteiger charge is 2.16. The van der Waals surface area contributed by atoms with E-state index in [1.54, 1.807) is 30.3 Å². The molecule has 0 bridgehead atoms. The van der Waals surface area contributed by atoms with Crippen molar-refractivity contribution in [2.75, 3.05) is 19.0 Å². The van der Waals surface area contributed by atoms with Gasteiger partial charge in [0.15, 0.2) is 0 Å². The van der Waals surface area contributed by atoms with Crippen LogP contribution in [-0.4, -0.2) is 32.1 Å². The molecule has 6 nitrogen and oxygen atoms in total. The Morgan fingerprint density at radius 2 is 1.70 bits per heavy atom. The first-order valence-electron chi connectivity index (χ1n) is 9.97. The fourth-order valence-corrected chi connectivity index (χ4v) is 3.48. The Balaban J connectivity index is 1.84. The van der Waals surface area contributed by atoms with Crippen molar-refractivity contribution in [3.05, 3.63) is 105 Å². The van der Waals surface area contributed by atoms with Gasteiger partial charge in [0.1, 0.15) is 5.70 Å². The number of halogens is 2.